The molecule has 1 aromatic carbocycles. The zero-order chi connectivity index (χ0) is 23.5. The zero-order valence-electron chi connectivity index (χ0n) is 16.8. The van der Waals surface area contributed by atoms with Gasteiger partial charge in [0.05, 0.1) is 17.6 Å². The zero-order valence-corrected chi connectivity index (χ0v) is 16.8. The van der Waals surface area contributed by atoms with E-state index in [0.29, 0.717) is 5.56 Å². The van der Waals surface area contributed by atoms with Gasteiger partial charge >= 0.3 is 18.8 Å². The minimum Gasteiger partial charge on any atom is -0.368 e. The molecule has 1 aromatic rings. The predicted molar refractivity (Wildman–Crippen MR) is 92.5 cm³/mol. The number of rotatable bonds is 5. The van der Waals surface area contributed by atoms with E-state index < -0.39 is 59.2 Å². The van der Waals surface area contributed by atoms with Gasteiger partial charge in [-0.2, -0.15) is 39.5 Å². The molecular formula is C20H22F9NO. The van der Waals surface area contributed by atoms with Gasteiger partial charge in [-0.05, 0) is 30.7 Å². The highest BCUT2D eigenvalue weighted by Gasteiger charge is 2.79. The first-order valence-electron chi connectivity index (χ1n) is 9.68. The van der Waals surface area contributed by atoms with Gasteiger partial charge < -0.3 is 4.74 Å². The van der Waals surface area contributed by atoms with Crippen LogP contribution in [0, 0.1) is 16.7 Å². The molecule has 176 valence electrons. The lowest BCUT2D eigenvalue weighted by atomic mass is 9.61. The molecule has 0 heterocycles. The minimum atomic E-state index is -5.69. The van der Waals surface area contributed by atoms with E-state index in [4.69, 9.17) is 4.74 Å². The number of benzene rings is 1. The van der Waals surface area contributed by atoms with Gasteiger partial charge in [-0.1, -0.05) is 44.2 Å². The predicted octanol–water partition coefficient (Wildman–Crippen LogP) is 6.63. The summed E-state index contributed by atoms with van der Waals surface area (Å²) in [6.45, 7) is -0.155. The van der Waals surface area contributed by atoms with E-state index in [9.17, 15) is 39.5 Å². The fourth-order valence-corrected chi connectivity index (χ4v) is 5.66. The minimum absolute atomic E-state index is 0.0881. The van der Waals surface area contributed by atoms with Crippen molar-refractivity contribution in [2.45, 2.75) is 57.5 Å². The highest BCUT2D eigenvalue weighted by molar-refractivity contribution is 5.34. The van der Waals surface area contributed by atoms with Gasteiger partial charge in [0.15, 0.2) is 0 Å². The molecule has 0 N–H and O–H groups in total. The van der Waals surface area contributed by atoms with Gasteiger partial charge in [0, 0.05) is 12.0 Å². The van der Waals surface area contributed by atoms with Crippen LogP contribution in [0.1, 0.15) is 38.7 Å². The van der Waals surface area contributed by atoms with E-state index in [2.05, 4.69) is 0 Å². The average molecular weight is 463 g/mol. The van der Waals surface area contributed by atoms with Crippen molar-refractivity contribution in [1.29, 1.82) is 0 Å². The van der Waals surface area contributed by atoms with E-state index in [-0.39, 0.29) is 19.3 Å². The molecule has 0 aliphatic heterocycles. The van der Waals surface area contributed by atoms with E-state index in [1.807, 2.05) is 0 Å². The van der Waals surface area contributed by atoms with Gasteiger partial charge in [0.2, 0.25) is 0 Å². The second-order valence-electron chi connectivity index (χ2n) is 8.60. The molecule has 4 atom stereocenters. The Labute approximate surface area is 173 Å². The van der Waals surface area contributed by atoms with Crippen molar-refractivity contribution >= 4 is 0 Å². The van der Waals surface area contributed by atoms with Crippen LogP contribution in [0.15, 0.2) is 30.3 Å². The summed E-state index contributed by atoms with van der Waals surface area (Å²) in [6.07, 6.45) is -15.8. The smallest absolute Gasteiger partial charge is 0.368 e. The van der Waals surface area contributed by atoms with Crippen LogP contribution in [0.25, 0.3) is 0 Å². The highest BCUT2D eigenvalue weighted by atomic mass is 19.4. The van der Waals surface area contributed by atoms with Crippen LogP contribution in [0.2, 0.25) is 0 Å². The molecule has 2 fully saturated rings. The lowest BCUT2D eigenvalue weighted by molar-refractivity contribution is -0.375. The Morgan fingerprint density at radius 1 is 0.935 bits per heavy atom. The first-order chi connectivity index (χ1) is 14.0. The molecule has 0 saturated heterocycles. The number of nitrogens with zero attached hydrogens (tertiary/aromatic N) is 1. The standard InChI is InChI=1S/C20H22F9NO/c1-15-9-8-14(16(15,2)18(21,22)23)12-17(15,13-6-4-3-5-7-13)31-11-10-30(19(24,25)26)20(27,28)29/h3-7,14H,8-12H2,1-2H3. The summed E-state index contributed by atoms with van der Waals surface area (Å²) in [6, 6.07) is 7.74. The largest absolute Gasteiger partial charge is 0.467 e. The Bertz CT molecular complexity index is 777. The van der Waals surface area contributed by atoms with Gasteiger partial charge in [0.25, 0.3) is 0 Å². The summed E-state index contributed by atoms with van der Waals surface area (Å²) >= 11 is 0. The van der Waals surface area contributed by atoms with Crippen molar-refractivity contribution in [3.8, 4) is 0 Å². The molecule has 2 bridgehead atoms. The second-order valence-corrected chi connectivity index (χ2v) is 8.60. The van der Waals surface area contributed by atoms with Gasteiger partial charge in [-0.15, -0.1) is 4.90 Å². The molecule has 11 heteroatoms. The van der Waals surface area contributed by atoms with Crippen LogP contribution in [0.5, 0.6) is 0 Å². The van der Waals surface area contributed by atoms with Crippen molar-refractivity contribution in [2.24, 2.45) is 16.7 Å². The maximum atomic E-state index is 14.2. The fraction of sp³-hybridized carbons (Fsp3) is 0.700. The van der Waals surface area contributed by atoms with Gasteiger partial charge in [-0.25, -0.2) is 0 Å². The Hall–Kier alpha value is -1.49. The summed E-state index contributed by atoms with van der Waals surface area (Å²) in [4.78, 5) is -1.63. The van der Waals surface area contributed by atoms with Crippen LogP contribution < -0.4 is 0 Å². The van der Waals surface area contributed by atoms with Crippen molar-refractivity contribution in [3.63, 3.8) is 0 Å². The fourth-order valence-electron chi connectivity index (χ4n) is 5.66. The molecule has 2 saturated carbocycles. The van der Waals surface area contributed by atoms with Crippen molar-refractivity contribution in [1.82, 2.24) is 4.90 Å². The Morgan fingerprint density at radius 3 is 1.94 bits per heavy atom. The highest BCUT2D eigenvalue weighted by Crippen LogP contribution is 2.77. The van der Waals surface area contributed by atoms with E-state index >= 15 is 0 Å². The molecule has 2 nitrogen and oxygen atoms in total. The van der Waals surface area contributed by atoms with Crippen molar-refractivity contribution in [2.75, 3.05) is 13.2 Å². The number of fused-ring (bicyclic) bond motifs is 2. The third kappa shape index (κ3) is 3.51. The summed E-state index contributed by atoms with van der Waals surface area (Å²) < 4.78 is 125. The first kappa shape index (κ1) is 24.2. The quantitative estimate of drug-likeness (QED) is 0.359. The molecule has 4 unspecified atom stereocenters. The SMILES string of the molecule is CC12CCC(CC1(OCCN(C(F)(F)F)C(F)(F)F)c1ccccc1)C2(C)C(F)(F)F. The van der Waals surface area contributed by atoms with Crippen LogP contribution in [0.3, 0.4) is 0 Å². The molecule has 0 amide bonds. The molecule has 0 radical (unpaired) electrons. The number of halogens is 9. The molecule has 3 rings (SSSR count). The van der Waals surface area contributed by atoms with Crippen LogP contribution in [0.4, 0.5) is 39.5 Å². The van der Waals surface area contributed by atoms with E-state index in [1.165, 1.54) is 19.1 Å². The summed E-state index contributed by atoms with van der Waals surface area (Å²) in [7, 11) is 0. The third-order valence-corrected chi connectivity index (χ3v) is 7.49. The molecular weight excluding hydrogens is 441 g/mol. The maximum absolute atomic E-state index is 14.2. The van der Waals surface area contributed by atoms with Crippen molar-refractivity contribution in [3.05, 3.63) is 35.9 Å². The summed E-state index contributed by atoms with van der Waals surface area (Å²) in [5.41, 5.74) is -5.10. The lowest BCUT2D eigenvalue weighted by Crippen LogP contribution is -2.54. The summed E-state index contributed by atoms with van der Waals surface area (Å²) in [5.74, 6) is -0.862. The molecule has 0 aromatic heterocycles. The number of alkyl halides is 9. The number of hydrogen-bond acceptors (Lipinski definition) is 2. The number of ether oxygens (including phenoxy) is 1. The maximum Gasteiger partial charge on any atom is 0.467 e. The topological polar surface area (TPSA) is 12.5 Å². The third-order valence-electron chi connectivity index (χ3n) is 7.49. The molecule has 2 aliphatic carbocycles. The number of hydrogen-bond donors (Lipinski definition) is 0. The molecule has 31 heavy (non-hydrogen) atoms. The van der Waals surface area contributed by atoms with Gasteiger partial charge in [0.1, 0.15) is 0 Å². The Morgan fingerprint density at radius 2 is 1.48 bits per heavy atom. The van der Waals surface area contributed by atoms with E-state index in [1.54, 1.807) is 18.2 Å². The van der Waals surface area contributed by atoms with Gasteiger partial charge in [-0.3, -0.25) is 0 Å². The van der Waals surface area contributed by atoms with Crippen LogP contribution in [-0.2, 0) is 10.3 Å². The molecule has 0 spiro atoms. The second kappa shape index (κ2) is 7.26. The van der Waals surface area contributed by atoms with Crippen LogP contribution in [-0.4, -0.2) is 36.8 Å². The Balaban J connectivity index is 1.99. The normalized spacial score (nSPS) is 34.0. The first-order valence-corrected chi connectivity index (χ1v) is 9.68. The Kier molecular flexibility index (Phi) is 5.66. The lowest BCUT2D eigenvalue weighted by Gasteiger charge is -2.50. The van der Waals surface area contributed by atoms with E-state index in [0.717, 1.165) is 6.92 Å². The summed E-state index contributed by atoms with van der Waals surface area (Å²) in [5, 5.41) is 0. The monoisotopic (exact) mass is 463 g/mol. The average Bonchev–Trinajstić information content (AvgIpc) is 3.00. The van der Waals surface area contributed by atoms with Crippen LogP contribution >= 0.6 is 0 Å². The van der Waals surface area contributed by atoms with Crippen molar-refractivity contribution < 1.29 is 44.3 Å². The molecule has 2 aliphatic rings.